The van der Waals surface area contributed by atoms with Crippen LogP contribution in [0.2, 0.25) is 0 Å². The molecule has 78 heavy (non-hydrogen) atoms. The van der Waals surface area contributed by atoms with Crippen LogP contribution in [0.1, 0.15) is 115 Å². The average Bonchev–Trinajstić information content (AvgIpc) is 4.23. The summed E-state index contributed by atoms with van der Waals surface area (Å²) in [5.41, 5.74) is 8.87. The van der Waals surface area contributed by atoms with Crippen LogP contribution in [0.25, 0.3) is 11.3 Å². The minimum absolute atomic E-state index is 0.0275. The van der Waals surface area contributed by atoms with E-state index in [1.807, 2.05) is 57.2 Å². The predicted octanol–water partition coefficient (Wildman–Crippen LogP) is 7.85. The maximum absolute atomic E-state index is 14.1. The Kier molecular flexibility index (Phi) is 13.2. The van der Waals surface area contributed by atoms with Gasteiger partial charge in [-0.25, -0.2) is 14.9 Å². The van der Waals surface area contributed by atoms with Gasteiger partial charge in [-0.05, 0) is 117 Å². The number of anilines is 7. The summed E-state index contributed by atoms with van der Waals surface area (Å²) < 4.78 is 3.56. The van der Waals surface area contributed by atoms with Crippen molar-refractivity contribution in [2.45, 2.75) is 111 Å². The summed E-state index contributed by atoms with van der Waals surface area (Å²) in [6, 6.07) is 19.1. The molecule has 6 aromatic rings. The Hall–Kier alpha value is -7.96. The number of imide groups is 1. The van der Waals surface area contributed by atoms with Crippen LogP contribution in [0.4, 0.5) is 40.1 Å². The fraction of sp³-hybridized carbons (Fsp3) is 0.400. The van der Waals surface area contributed by atoms with Crippen LogP contribution in [0.15, 0.2) is 96.7 Å². The minimum Gasteiger partial charge on any atom is -0.392 e. The number of piperazine rings is 1. The molecule has 4 amide bonds. The molecule has 0 radical (unpaired) electrons. The van der Waals surface area contributed by atoms with Gasteiger partial charge in [-0.2, -0.15) is 0 Å². The molecule has 2 saturated heterocycles. The standard InChI is InChI=1S/C60H68N12O6/c1-10-52(74)64-46-27-38(63-53-58(78)66(9)33-47(65-53)42-16-19-62-54(45(42)34-73)71-24-23-70-49(57(71)77)26-37-30-60(7,8)31-50(37)70)11-14-48(46)69-22-21-67(32-36(69)3)39-17-20-68(35(2)25-39)40-12-13-43-44(28-40)56(76)72(55(43)75)41-15-18-61-51(29-41)59(4,5)6/h10-16,18-19,26-29,33,35-36,39,73H,1,17,20-25,30-32,34H2,2-9H3,(H,63,65)(H,64,74)/t35-,36-,39?/m0/s1. The van der Waals surface area contributed by atoms with E-state index in [1.54, 1.807) is 54.8 Å². The number of amides is 4. The van der Waals surface area contributed by atoms with Gasteiger partial charge in [0.25, 0.3) is 23.3 Å². The van der Waals surface area contributed by atoms with E-state index in [4.69, 9.17) is 4.98 Å². The van der Waals surface area contributed by atoms with Crippen molar-refractivity contribution in [3.63, 3.8) is 0 Å². The number of piperidine rings is 1. The Morgan fingerprint density at radius 2 is 1.62 bits per heavy atom. The van der Waals surface area contributed by atoms with Gasteiger partial charge in [0.05, 0.1) is 40.5 Å². The minimum atomic E-state index is -0.419. The van der Waals surface area contributed by atoms with Crippen LogP contribution in [-0.2, 0) is 43.3 Å². The molecule has 3 N–H and O–H groups in total. The highest BCUT2D eigenvalue weighted by atomic mass is 16.3. The summed E-state index contributed by atoms with van der Waals surface area (Å²) >= 11 is 0. The van der Waals surface area contributed by atoms with Gasteiger partial charge in [0, 0.05) is 122 Å². The van der Waals surface area contributed by atoms with Crippen molar-refractivity contribution in [2.75, 3.05) is 63.0 Å². The highest BCUT2D eigenvalue weighted by Crippen LogP contribution is 2.41. The molecular weight excluding hydrogens is 985 g/mol. The maximum Gasteiger partial charge on any atom is 0.293 e. The van der Waals surface area contributed by atoms with E-state index in [1.165, 1.54) is 26.8 Å². The van der Waals surface area contributed by atoms with Gasteiger partial charge in [-0.15, -0.1) is 0 Å². The number of carbonyl (C=O) groups excluding carboxylic acids is 4. The first kappa shape index (κ1) is 52.1. The molecule has 11 rings (SSSR count). The molecule has 1 aliphatic carbocycles. The van der Waals surface area contributed by atoms with Crippen molar-refractivity contribution in [1.82, 2.24) is 29.0 Å². The first-order valence-electron chi connectivity index (χ1n) is 27.0. The Balaban J connectivity index is 0.773. The SMILES string of the molecule is C=CC(=O)Nc1cc(Nc2nc(-c3ccnc(N4CCn5c(cc6c5CC(C)(C)C6)C4=O)c3CO)cn(C)c2=O)ccc1N1CCN(C2CCN(c3ccc4c(c3)C(=O)N(c3ccnc(C(C)(C)C)c3)C4=O)[C@@H](C)C2)C[C@@H]1C. The van der Waals surface area contributed by atoms with E-state index >= 15 is 0 Å². The molecule has 0 spiro atoms. The molecule has 4 aliphatic heterocycles. The number of hydrogen-bond acceptors (Lipinski definition) is 13. The summed E-state index contributed by atoms with van der Waals surface area (Å²) in [6.07, 6.45) is 9.75. The molecule has 2 aromatic carbocycles. The third kappa shape index (κ3) is 9.33. The summed E-state index contributed by atoms with van der Waals surface area (Å²) in [5.74, 6) is -0.827. The molecule has 1 unspecified atom stereocenters. The number of aryl methyl sites for hydroxylation is 1. The highest BCUT2D eigenvalue weighted by Gasteiger charge is 2.41. The lowest BCUT2D eigenvalue weighted by molar-refractivity contribution is -0.111. The molecule has 18 nitrogen and oxygen atoms in total. The van der Waals surface area contributed by atoms with E-state index in [0.29, 0.717) is 82.2 Å². The summed E-state index contributed by atoms with van der Waals surface area (Å²) in [5, 5.41) is 17.1. The molecule has 3 atom stereocenters. The predicted molar refractivity (Wildman–Crippen MR) is 303 cm³/mol. The zero-order chi connectivity index (χ0) is 55.1. The number of rotatable bonds is 11. The fourth-order valence-corrected chi connectivity index (χ4v) is 12.5. The summed E-state index contributed by atoms with van der Waals surface area (Å²) in [4.78, 5) is 92.4. The zero-order valence-corrected chi connectivity index (χ0v) is 45.8. The summed E-state index contributed by atoms with van der Waals surface area (Å²) in [6.45, 7) is 22.4. The number of aliphatic hydroxyl groups excluding tert-OH is 1. The first-order chi connectivity index (χ1) is 37.2. The lowest BCUT2D eigenvalue weighted by Gasteiger charge is -2.48. The van der Waals surface area contributed by atoms with Crippen molar-refractivity contribution >= 4 is 63.7 Å². The topological polar surface area (TPSA) is 194 Å². The van der Waals surface area contributed by atoms with Gasteiger partial charge in [-0.1, -0.05) is 41.2 Å². The number of aliphatic hydroxyl groups is 1. The second-order valence-corrected chi connectivity index (χ2v) is 23.5. The molecule has 18 heteroatoms. The monoisotopic (exact) mass is 1050 g/mol. The quantitative estimate of drug-likeness (QED) is 0.0840. The van der Waals surface area contributed by atoms with Crippen molar-refractivity contribution in [3.8, 4) is 11.3 Å². The molecule has 0 saturated carbocycles. The normalized spacial score (nSPS) is 20.2. The molecule has 5 aliphatic rings. The average molecular weight is 1050 g/mol. The Morgan fingerprint density at radius 3 is 2.36 bits per heavy atom. The Morgan fingerprint density at radius 1 is 0.833 bits per heavy atom. The molecular formula is C60H68N12O6. The zero-order valence-electron chi connectivity index (χ0n) is 45.8. The van der Waals surface area contributed by atoms with Gasteiger partial charge in [0.2, 0.25) is 5.91 Å². The van der Waals surface area contributed by atoms with Crippen molar-refractivity contribution in [2.24, 2.45) is 12.5 Å². The van der Waals surface area contributed by atoms with E-state index in [9.17, 15) is 29.1 Å². The number of benzene rings is 2. The van der Waals surface area contributed by atoms with Crippen LogP contribution >= 0.6 is 0 Å². The number of pyridine rings is 2. The van der Waals surface area contributed by atoms with Gasteiger partial charge < -0.3 is 34.7 Å². The van der Waals surface area contributed by atoms with Crippen molar-refractivity contribution in [3.05, 3.63) is 142 Å². The van der Waals surface area contributed by atoms with Crippen LogP contribution < -0.4 is 35.8 Å². The maximum atomic E-state index is 14.1. The lowest BCUT2D eigenvalue weighted by atomic mass is 9.90. The van der Waals surface area contributed by atoms with Crippen molar-refractivity contribution in [1.29, 1.82) is 0 Å². The number of carbonyl (C=O) groups is 4. The van der Waals surface area contributed by atoms with Crippen LogP contribution in [0.5, 0.6) is 0 Å². The lowest BCUT2D eigenvalue weighted by Crippen LogP contribution is -2.58. The number of aromatic nitrogens is 5. The second-order valence-electron chi connectivity index (χ2n) is 23.5. The molecule has 404 valence electrons. The fourth-order valence-electron chi connectivity index (χ4n) is 12.5. The van der Waals surface area contributed by atoms with Crippen LogP contribution in [0.3, 0.4) is 0 Å². The van der Waals surface area contributed by atoms with Crippen molar-refractivity contribution < 1.29 is 24.3 Å². The highest BCUT2D eigenvalue weighted by molar-refractivity contribution is 6.34. The Bertz CT molecular complexity index is 3520. The van der Waals surface area contributed by atoms with Gasteiger partial charge in [0.1, 0.15) is 11.5 Å². The van der Waals surface area contributed by atoms with Gasteiger partial charge >= 0.3 is 0 Å². The molecule has 8 heterocycles. The number of nitrogens with zero attached hydrogens (tertiary/aromatic N) is 10. The second kappa shape index (κ2) is 19.8. The van der Waals surface area contributed by atoms with E-state index in [-0.39, 0.29) is 52.4 Å². The number of fused-ring (bicyclic) bond motifs is 4. The first-order valence-corrected chi connectivity index (χ1v) is 27.0. The largest absolute Gasteiger partial charge is 0.392 e. The Labute approximate surface area is 454 Å². The number of nitrogens with one attached hydrogen (secondary N) is 2. The van der Waals surface area contributed by atoms with Crippen LogP contribution in [-0.4, -0.2) is 109 Å². The smallest absolute Gasteiger partial charge is 0.293 e. The number of hydrogen-bond donors (Lipinski definition) is 3. The van der Waals surface area contributed by atoms with E-state index in [0.717, 1.165) is 62.4 Å². The van der Waals surface area contributed by atoms with Gasteiger partial charge in [0.15, 0.2) is 5.82 Å². The third-order valence-corrected chi connectivity index (χ3v) is 16.4. The van der Waals surface area contributed by atoms with E-state index in [2.05, 4.69) is 74.1 Å². The molecule has 0 bridgehead atoms. The summed E-state index contributed by atoms with van der Waals surface area (Å²) in [7, 11) is 1.63. The van der Waals surface area contributed by atoms with Crippen LogP contribution in [0, 0.1) is 5.41 Å². The van der Waals surface area contributed by atoms with Gasteiger partial charge in [-0.3, -0.25) is 38.8 Å². The van der Waals surface area contributed by atoms with E-state index < -0.39 is 12.2 Å². The molecule has 4 aromatic heterocycles. The molecule has 2 fully saturated rings. The third-order valence-electron chi connectivity index (χ3n) is 16.4.